The van der Waals surface area contributed by atoms with Crippen LogP contribution in [-0.2, 0) is 0 Å². The number of nitrogens with zero attached hydrogens (tertiary/aromatic N) is 2. The molecule has 2 aliphatic rings. The summed E-state index contributed by atoms with van der Waals surface area (Å²) in [6.45, 7) is 4.59. The first-order valence-electron chi connectivity index (χ1n) is 9.41. The number of nitrogens with one attached hydrogen (secondary N) is 2. The Morgan fingerprint density at radius 1 is 1.00 bits per heavy atom. The van der Waals surface area contributed by atoms with Crippen molar-refractivity contribution in [3.05, 3.63) is 0 Å². The maximum Gasteiger partial charge on any atom is 0.190 e. The fourth-order valence-electron chi connectivity index (χ4n) is 3.79. The van der Waals surface area contributed by atoms with Gasteiger partial charge in [0.25, 0.3) is 0 Å². The van der Waals surface area contributed by atoms with Crippen molar-refractivity contribution >= 4 is 29.9 Å². The first-order valence-corrected chi connectivity index (χ1v) is 9.41. The van der Waals surface area contributed by atoms with Gasteiger partial charge in [0.2, 0.25) is 0 Å². The van der Waals surface area contributed by atoms with Crippen LogP contribution >= 0.6 is 24.0 Å². The van der Waals surface area contributed by atoms with E-state index in [1.165, 1.54) is 70.9 Å². The number of halogens is 1. The van der Waals surface area contributed by atoms with Crippen LogP contribution in [0.3, 0.4) is 0 Å². The molecule has 2 rings (SSSR count). The lowest BCUT2D eigenvalue weighted by molar-refractivity contribution is 0.220. The first-order chi connectivity index (χ1) is 10.8. The van der Waals surface area contributed by atoms with Crippen LogP contribution in [-0.4, -0.2) is 51.1 Å². The van der Waals surface area contributed by atoms with Gasteiger partial charge < -0.3 is 15.5 Å². The third kappa shape index (κ3) is 8.57. The van der Waals surface area contributed by atoms with Crippen molar-refractivity contribution in [2.24, 2.45) is 16.8 Å². The van der Waals surface area contributed by atoms with Gasteiger partial charge in [0, 0.05) is 20.1 Å². The van der Waals surface area contributed by atoms with Crippen LogP contribution < -0.4 is 10.6 Å². The van der Waals surface area contributed by atoms with Crippen molar-refractivity contribution in [3.8, 4) is 0 Å². The fourth-order valence-corrected chi connectivity index (χ4v) is 3.79. The standard InChI is InChI=1S/C18H36N4.HI/c1-19-18(21-15-17-10-13-22(2)14-11-17)20-12-6-5-9-16-7-3-4-8-16;/h16-17H,3-15H2,1-2H3,(H2,19,20,21);1H. The molecule has 0 atom stereocenters. The molecule has 0 spiro atoms. The smallest absolute Gasteiger partial charge is 0.190 e. The van der Waals surface area contributed by atoms with Gasteiger partial charge in [0.15, 0.2) is 5.96 Å². The normalized spacial score (nSPS) is 21.2. The molecule has 1 aliphatic carbocycles. The lowest BCUT2D eigenvalue weighted by Gasteiger charge is -2.29. The average molecular weight is 436 g/mol. The lowest BCUT2D eigenvalue weighted by atomic mass is 9.97. The summed E-state index contributed by atoms with van der Waals surface area (Å²) in [4.78, 5) is 6.77. The van der Waals surface area contributed by atoms with Gasteiger partial charge in [-0.1, -0.05) is 38.5 Å². The highest BCUT2D eigenvalue weighted by Gasteiger charge is 2.16. The number of hydrogen-bond acceptors (Lipinski definition) is 2. The van der Waals surface area contributed by atoms with E-state index >= 15 is 0 Å². The van der Waals surface area contributed by atoms with Gasteiger partial charge in [-0.25, -0.2) is 0 Å². The molecule has 0 aromatic carbocycles. The van der Waals surface area contributed by atoms with Gasteiger partial charge in [0.05, 0.1) is 0 Å². The fraction of sp³-hybridized carbons (Fsp3) is 0.944. The third-order valence-corrected chi connectivity index (χ3v) is 5.43. The van der Waals surface area contributed by atoms with Gasteiger partial charge >= 0.3 is 0 Å². The van der Waals surface area contributed by atoms with E-state index in [-0.39, 0.29) is 24.0 Å². The largest absolute Gasteiger partial charge is 0.356 e. The van der Waals surface area contributed by atoms with Crippen molar-refractivity contribution in [3.63, 3.8) is 0 Å². The van der Waals surface area contributed by atoms with Gasteiger partial charge in [-0.05, 0) is 51.2 Å². The Labute approximate surface area is 160 Å². The molecule has 0 radical (unpaired) electrons. The predicted octanol–water partition coefficient (Wildman–Crippen LogP) is 3.47. The molecule has 2 N–H and O–H groups in total. The van der Waals surface area contributed by atoms with Gasteiger partial charge in [-0.3, -0.25) is 4.99 Å². The Kier molecular flexibility index (Phi) is 11.3. The molecular formula is C18H37IN4. The molecule has 1 aliphatic heterocycles. The summed E-state index contributed by atoms with van der Waals surface area (Å²) in [5, 5.41) is 6.98. The predicted molar refractivity (Wildman–Crippen MR) is 111 cm³/mol. The Bertz CT molecular complexity index is 321. The van der Waals surface area contributed by atoms with Crippen molar-refractivity contribution in [2.45, 2.75) is 57.8 Å². The number of piperidine rings is 1. The second-order valence-corrected chi connectivity index (χ2v) is 7.27. The van der Waals surface area contributed by atoms with Crippen LogP contribution in [0.15, 0.2) is 4.99 Å². The molecule has 5 heteroatoms. The van der Waals surface area contributed by atoms with Crippen LogP contribution in [0.4, 0.5) is 0 Å². The van der Waals surface area contributed by atoms with Crippen molar-refractivity contribution < 1.29 is 0 Å². The van der Waals surface area contributed by atoms with Gasteiger partial charge in [-0.2, -0.15) is 0 Å². The minimum atomic E-state index is 0. The zero-order valence-electron chi connectivity index (χ0n) is 15.1. The van der Waals surface area contributed by atoms with E-state index in [2.05, 4.69) is 27.6 Å². The molecule has 0 unspecified atom stereocenters. The number of likely N-dealkylation sites (tertiary alicyclic amines) is 1. The van der Waals surface area contributed by atoms with Crippen LogP contribution in [0.5, 0.6) is 0 Å². The van der Waals surface area contributed by atoms with E-state index in [1.54, 1.807) is 0 Å². The molecule has 136 valence electrons. The monoisotopic (exact) mass is 436 g/mol. The summed E-state index contributed by atoms with van der Waals surface area (Å²) < 4.78 is 0. The van der Waals surface area contributed by atoms with Crippen LogP contribution in [0, 0.1) is 11.8 Å². The summed E-state index contributed by atoms with van der Waals surface area (Å²) in [5.41, 5.74) is 0. The molecule has 0 aromatic heterocycles. The number of guanidine groups is 1. The zero-order chi connectivity index (χ0) is 15.6. The van der Waals surface area contributed by atoms with E-state index in [0.29, 0.717) is 0 Å². The highest BCUT2D eigenvalue weighted by Crippen LogP contribution is 2.28. The second kappa shape index (κ2) is 12.3. The molecule has 23 heavy (non-hydrogen) atoms. The molecule has 1 saturated heterocycles. The Morgan fingerprint density at radius 2 is 1.70 bits per heavy atom. The molecule has 1 heterocycles. The van der Waals surface area contributed by atoms with Crippen LogP contribution in [0.25, 0.3) is 0 Å². The molecule has 2 fully saturated rings. The van der Waals surface area contributed by atoms with Gasteiger partial charge in [0.1, 0.15) is 0 Å². The van der Waals surface area contributed by atoms with E-state index in [1.807, 2.05) is 7.05 Å². The van der Waals surface area contributed by atoms with Gasteiger partial charge in [-0.15, -0.1) is 24.0 Å². The Morgan fingerprint density at radius 3 is 2.35 bits per heavy atom. The number of aliphatic imine (C=N–C) groups is 1. The number of hydrogen-bond donors (Lipinski definition) is 2. The first kappa shape index (κ1) is 21.0. The number of rotatable bonds is 7. The Balaban J connectivity index is 0.00000264. The molecule has 0 amide bonds. The van der Waals surface area contributed by atoms with Crippen molar-refractivity contribution in [1.82, 2.24) is 15.5 Å². The van der Waals surface area contributed by atoms with E-state index in [9.17, 15) is 0 Å². The minimum Gasteiger partial charge on any atom is -0.356 e. The number of unbranched alkanes of at least 4 members (excludes halogenated alkanes) is 1. The summed E-state index contributed by atoms with van der Waals surface area (Å²) in [5.74, 6) is 2.82. The topological polar surface area (TPSA) is 39.7 Å². The van der Waals surface area contributed by atoms with Crippen molar-refractivity contribution in [2.75, 3.05) is 40.3 Å². The quantitative estimate of drug-likeness (QED) is 0.278. The SMILES string of the molecule is CN=C(NCCCCC1CCCC1)NCC1CCN(C)CC1.I. The molecule has 0 aromatic rings. The zero-order valence-corrected chi connectivity index (χ0v) is 17.5. The highest BCUT2D eigenvalue weighted by atomic mass is 127. The third-order valence-electron chi connectivity index (χ3n) is 5.43. The van der Waals surface area contributed by atoms with E-state index < -0.39 is 0 Å². The summed E-state index contributed by atoms with van der Waals surface area (Å²) in [7, 11) is 4.10. The molecule has 0 bridgehead atoms. The summed E-state index contributed by atoms with van der Waals surface area (Å²) in [6, 6.07) is 0. The molecular weight excluding hydrogens is 399 g/mol. The van der Waals surface area contributed by atoms with E-state index in [4.69, 9.17) is 0 Å². The van der Waals surface area contributed by atoms with Crippen molar-refractivity contribution in [1.29, 1.82) is 0 Å². The second-order valence-electron chi connectivity index (χ2n) is 7.27. The maximum absolute atomic E-state index is 4.35. The summed E-state index contributed by atoms with van der Waals surface area (Å²) >= 11 is 0. The minimum absolute atomic E-state index is 0. The Hall–Kier alpha value is -0.0400. The van der Waals surface area contributed by atoms with E-state index in [0.717, 1.165) is 30.9 Å². The molecule has 1 saturated carbocycles. The maximum atomic E-state index is 4.35. The van der Waals surface area contributed by atoms with Crippen LogP contribution in [0.1, 0.15) is 57.8 Å². The van der Waals surface area contributed by atoms with Crippen LogP contribution in [0.2, 0.25) is 0 Å². The lowest BCUT2D eigenvalue weighted by Crippen LogP contribution is -2.42. The summed E-state index contributed by atoms with van der Waals surface area (Å²) in [6.07, 6.45) is 12.6. The molecule has 4 nitrogen and oxygen atoms in total. The highest BCUT2D eigenvalue weighted by molar-refractivity contribution is 14.0. The average Bonchev–Trinajstić information content (AvgIpc) is 3.05.